The zero-order chi connectivity index (χ0) is 22.4. The Kier molecular flexibility index (Phi) is 10.1. The molecule has 0 aliphatic heterocycles. The maximum absolute atomic E-state index is 13.1. The van der Waals surface area contributed by atoms with E-state index in [0.29, 0.717) is 13.0 Å². The third-order valence-corrected chi connectivity index (χ3v) is 5.95. The van der Waals surface area contributed by atoms with E-state index in [9.17, 15) is 4.79 Å². The van der Waals surface area contributed by atoms with Crippen molar-refractivity contribution < 1.29 is 4.79 Å². The summed E-state index contributed by atoms with van der Waals surface area (Å²) in [5, 5.41) is 1.22. The molecule has 0 aliphatic rings. The van der Waals surface area contributed by atoms with Gasteiger partial charge in [0.15, 0.2) is 0 Å². The molecule has 1 amide bonds. The maximum atomic E-state index is 13.1. The van der Waals surface area contributed by atoms with E-state index in [4.69, 9.17) is 5.73 Å². The van der Waals surface area contributed by atoms with Gasteiger partial charge in [-0.25, -0.2) is 0 Å². The number of unbranched alkanes of at least 4 members (excludes halogenated alkanes) is 5. The van der Waals surface area contributed by atoms with Crippen LogP contribution in [-0.4, -0.2) is 35.4 Å². The van der Waals surface area contributed by atoms with Crippen molar-refractivity contribution in [1.82, 2.24) is 9.88 Å². The SMILES string of the molecule is NCCCCCCCCN(C/C=C\c1ccccc1)C(=O)CCc1c[nH]c2ccccc12. The summed E-state index contributed by atoms with van der Waals surface area (Å²) in [5.74, 6) is 0.233. The van der Waals surface area contributed by atoms with Gasteiger partial charge in [0.1, 0.15) is 0 Å². The Labute approximate surface area is 192 Å². The van der Waals surface area contributed by atoms with Crippen LogP contribution < -0.4 is 5.73 Å². The number of H-pyrrole nitrogens is 1. The van der Waals surface area contributed by atoms with Crippen LogP contribution in [-0.2, 0) is 11.2 Å². The molecule has 0 saturated carbocycles. The number of nitrogens with zero attached hydrogens (tertiary/aromatic N) is 1. The van der Waals surface area contributed by atoms with Gasteiger partial charge in [-0.2, -0.15) is 0 Å². The summed E-state index contributed by atoms with van der Waals surface area (Å²) >= 11 is 0. The summed E-state index contributed by atoms with van der Waals surface area (Å²) in [7, 11) is 0. The molecule has 3 rings (SSSR count). The largest absolute Gasteiger partial charge is 0.361 e. The molecule has 32 heavy (non-hydrogen) atoms. The predicted molar refractivity (Wildman–Crippen MR) is 135 cm³/mol. The van der Waals surface area contributed by atoms with E-state index in [1.165, 1.54) is 42.2 Å². The summed E-state index contributed by atoms with van der Waals surface area (Å²) < 4.78 is 0. The molecular formula is C28H37N3O. The zero-order valence-electron chi connectivity index (χ0n) is 19.1. The highest BCUT2D eigenvalue weighted by atomic mass is 16.2. The Morgan fingerprint density at radius 2 is 1.62 bits per heavy atom. The average Bonchev–Trinajstić information content (AvgIpc) is 3.24. The van der Waals surface area contributed by atoms with Gasteiger partial charge in [0, 0.05) is 36.6 Å². The van der Waals surface area contributed by atoms with Gasteiger partial charge in [-0.3, -0.25) is 4.79 Å². The van der Waals surface area contributed by atoms with E-state index < -0.39 is 0 Å². The van der Waals surface area contributed by atoms with E-state index in [-0.39, 0.29) is 5.91 Å². The fourth-order valence-electron chi connectivity index (χ4n) is 4.09. The van der Waals surface area contributed by atoms with Crippen LogP contribution in [0.3, 0.4) is 0 Å². The van der Waals surface area contributed by atoms with Crippen molar-refractivity contribution in [2.45, 2.75) is 51.4 Å². The number of aryl methyl sites for hydroxylation is 1. The monoisotopic (exact) mass is 431 g/mol. The Balaban J connectivity index is 1.53. The summed E-state index contributed by atoms with van der Waals surface area (Å²) in [5.41, 5.74) is 9.09. The standard InChI is InChI=1S/C28H37N3O/c29-20-10-3-1-2-4-11-21-31(22-12-15-24-13-6-5-7-14-24)28(32)19-18-25-23-30-27-17-9-8-16-26(25)27/h5-9,12-17,23,30H,1-4,10-11,18-22,29H2/b15-12-. The molecule has 0 radical (unpaired) electrons. The minimum absolute atomic E-state index is 0.233. The van der Waals surface area contributed by atoms with Crippen molar-refractivity contribution in [3.05, 3.63) is 78.0 Å². The number of hydrogen-bond donors (Lipinski definition) is 2. The topological polar surface area (TPSA) is 62.1 Å². The molecule has 0 spiro atoms. The molecule has 1 heterocycles. The molecule has 0 unspecified atom stereocenters. The van der Waals surface area contributed by atoms with Gasteiger partial charge in [0.2, 0.25) is 5.91 Å². The fraction of sp³-hybridized carbons (Fsp3) is 0.393. The number of para-hydroxylation sites is 1. The number of nitrogens with one attached hydrogen (secondary N) is 1. The van der Waals surface area contributed by atoms with Gasteiger partial charge in [-0.15, -0.1) is 0 Å². The van der Waals surface area contributed by atoms with E-state index in [2.05, 4.69) is 47.5 Å². The molecule has 0 bridgehead atoms. The first-order chi connectivity index (χ1) is 15.8. The highest BCUT2D eigenvalue weighted by molar-refractivity contribution is 5.84. The molecule has 170 valence electrons. The lowest BCUT2D eigenvalue weighted by Gasteiger charge is -2.21. The summed E-state index contributed by atoms with van der Waals surface area (Å²) in [6.45, 7) is 2.27. The second-order valence-electron chi connectivity index (χ2n) is 8.42. The molecule has 3 N–H and O–H groups in total. The lowest BCUT2D eigenvalue weighted by Crippen LogP contribution is -2.32. The van der Waals surface area contributed by atoms with Crippen LogP contribution in [0.4, 0.5) is 0 Å². The van der Waals surface area contributed by atoms with Crippen LogP contribution in [0, 0.1) is 0 Å². The highest BCUT2D eigenvalue weighted by Gasteiger charge is 2.13. The number of fused-ring (bicyclic) bond motifs is 1. The first-order valence-corrected chi connectivity index (χ1v) is 12.0. The summed E-state index contributed by atoms with van der Waals surface area (Å²) in [6, 6.07) is 18.5. The van der Waals surface area contributed by atoms with Gasteiger partial charge in [0.05, 0.1) is 0 Å². The average molecular weight is 432 g/mol. The van der Waals surface area contributed by atoms with E-state index in [1.54, 1.807) is 0 Å². The van der Waals surface area contributed by atoms with Crippen molar-refractivity contribution in [3.8, 4) is 0 Å². The molecule has 1 aromatic heterocycles. The highest BCUT2D eigenvalue weighted by Crippen LogP contribution is 2.19. The molecule has 0 saturated heterocycles. The zero-order valence-corrected chi connectivity index (χ0v) is 19.1. The number of hydrogen-bond acceptors (Lipinski definition) is 2. The number of rotatable bonds is 14. The molecule has 4 heteroatoms. The lowest BCUT2D eigenvalue weighted by molar-refractivity contribution is -0.130. The maximum Gasteiger partial charge on any atom is 0.223 e. The predicted octanol–water partition coefficient (Wildman–Crippen LogP) is 5.94. The number of amides is 1. The number of aromatic nitrogens is 1. The molecule has 0 fully saturated rings. The van der Waals surface area contributed by atoms with E-state index in [0.717, 1.165) is 37.9 Å². The molecule has 0 aliphatic carbocycles. The Morgan fingerprint density at radius 3 is 2.44 bits per heavy atom. The third-order valence-electron chi connectivity index (χ3n) is 5.95. The van der Waals surface area contributed by atoms with Crippen LogP contribution in [0.1, 0.15) is 56.1 Å². The number of nitrogens with two attached hydrogens (primary N) is 1. The van der Waals surface area contributed by atoms with Gasteiger partial charge in [0.25, 0.3) is 0 Å². The van der Waals surface area contributed by atoms with Crippen LogP contribution in [0.25, 0.3) is 17.0 Å². The van der Waals surface area contributed by atoms with Crippen LogP contribution in [0.2, 0.25) is 0 Å². The third kappa shape index (κ3) is 7.69. The molecule has 4 nitrogen and oxygen atoms in total. The summed E-state index contributed by atoms with van der Waals surface area (Å²) in [6.07, 6.45) is 14.6. The van der Waals surface area contributed by atoms with E-state index >= 15 is 0 Å². The van der Waals surface area contributed by atoms with Crippen molar-refractivity contribution in [1.29, 1.82) is 0 Å². The van der Waals surface area contributed by atoms with Crippen molar-refractivity contribution >= 4 is 22.9 Å². The molecule has 3 aromatic rings. The second kappa shape index (κ2) is 13.5. The number of benzene rings is 2. The Bertz CT molecular complexity index is 961. The van der Waals surface area contributed by atoms with Gasteiger partial charge < -0.3 is 15.6 Å². The second-order valence-corrected chi connectivity index (χ2v) is 8.42. The minimum atomic E-state index is 0.233. The number of aromatic amines is 1. The van der Waals surface area contributed by atoms with Crippen molar-refractivity contribution in [2.24, 2.45) is 5.73 Å². The van der Waals surface area contributed by atoms with Crippen LogP contribution >= 0.6 is 0 Å². The van der Waals surface area contributed by atoms with Crippen molar-refractivity contribution in [3.63, 3.8) is 0 Å². The normalized spacial score (nSPS) is 11.4. The first kappa shape index (κ1) is 23.8. The quantitative estimate of drug-likeness (QED) is 0.310. The fourth-order valence-corrected chi connectivity index (χ4v) is 4.09. The van der Waals surface area contributed by atoms with Gasteiger partial charge in [-0.05, 0) is 43.0 Å². The lowest BCUT2D eigenvalue weighted by atomic mass is 10.1. The van der Waals surface area contributed by atoms with Gasteiger partial charge in [-0.1, -0.05) is 86.4 Å². The van der Waals surface area contributed by atoms with Crippen LogP contribution in [0.15, 0.2) is 66.9 Å². The Hall–Kier alpha value is -2.85. The number of carbonyl (C=O) groups is 1. The van der Waals surface area contributed by atoms with E-state index in [1.807, 2.05) is 35.4 Å². The Morgan fingerprint density at radius 1 is 0.906 bits per heavy atom. The summed E-state index contributed by atoms with van der Waals surface area (Å²) in [4.78, 5) is 18.4. The number of carbonyl (C=O) groups excluding carboxylic acids is 1. The molecular weight excluding hydrogens is 394 g/mol. The molecule has 2 aromatic carbocycles. The van der Waals surface area contributed by atoms with Crippen molar-refractivity contribution in [2.75, 3.05) is 19.6 Å². The minimum Gasteiger partial charge on any atom is -0.361 e. The first-order valence-electron chi connectivity index (χ1n) is 12.0. The van der Waals surface area contributed by atoms with Gasteiger partial charge >= 0.3 is 0 Å². The smallest absolute Gasteiger partial charge is 0.223 e. The van der Waals surface area contributed by atoms with Crippen LogP contribution in [0.5, 0.6) is 0 Å². The molecule has 0 atom stereocenters.